The number of benzene rings is 2. The molecule has 2 aromatic carbocycles. The van der Waals surface area contributed by atoms with Crippen molar-refractivity contribution in [3.63, 3.8) is 0 Å². The third-order valence-electron chi connectivity index (χ3n) is 10.5. The van der Waals surface area contributed by atoms with E-state index < -0.39 is 17.7 Å². The highest BCUT2D eigenvalue weighted by atomic mass is 35.5. The van der Waals surface area contributed by atoms with Crippen molar-refractivity contribution in [2.24, 2.45) is 17.8 Å². The molecule has 4 aliphatic rings. The number of carboxylic acid groups (broad SMARTS) is 1. The van der Waals surface area contributed by atoms with Gasteiger partial charge in [-0.05, 0) is 55.9 Å². The minimum absolute atomic E-state index is 0.0380. The van der Waals surface area contributed by atoms with Gasteiger partial charge in [-0.2, -0.15) is 0 Å². The molecule has 3 saturated heterocycles. The summed E-state index contributed by atoms with van der Waals surface area (Å²) in [6.07, 6.45) is 4.42. The Morgan fingerprint density at radius 2 is 1.79 bits per heavy atom. The van der Waals surface area contributed by atoms with Crippen molar-refractivity contribution >= 4 is 46.0 Å². The van der Waals surface area contributed by atoms with Gasteiger partial charge in [-0.25, -0.2) is 4.39 Å². The number of rotatable bonds is 9. The average Bonchev–Trinajstić information content (AvgIpc) is 3.85. The highest BCUT2D eigenvalue weighted by molar-refractivity contribution is 6.34. The molecule has 4 heterocycles. The van der Waals surface area contributed by atoms with Crippen LogP contribution in [0.4, 0.5) is 10.1 Å². The van der Waals surface area contributed by atoms with E-state index in [-0.39, 0.29) is 52.7 Å². The molecular formula is C35H39ClFN3O7. The first-order valence-corrected chi connectivity index (χ1v) is 16.8. The number of likely N-dealkylation sites (tertiary alicyclic amines) is 2. The predicted octanol–water partition coefficient (Wildman–Crippen LogP) is 5.23. The molecule has 1 aromatic heterocycles. The Bertz CT molecular complexity index is 1650. The Balaban J connectivity index is 1.02. The number of anilines is 1. The summed E-state index contributed by atoms with van der Waals surface area (Å²) in [5.41, 5.74) is 1.11. The van der Waals surface area contributed by atoms with Gasteiger partial charge in [-0.1, -0.05) is 29.8 Å². The second kappa shape index (κ2) is 13.5. The second-order valence-corrected chi connectivity index (χ2v) is 13.9. The molecule has 10 nitrogen and oxygen atoms in total. The van der Waals surface area contributed by atoms with Gasteiger partial charge in [0.2, 0.25) is 5.91 Å². The number of halogens is 2. The summed E-state index contributed by atoms with van der Waals surface area (Å²) in [5.74, 6) is -1.39. The van der Waals surface area contributed by atoms with Crippen molar-refractivity contribution in [3.8, 4) is 0 Å². The van der Waals surface area contributed by atoms with Gasteiger partial charge in [0.25, 0.3) is 5.91 Å². The van der Waals surface area contributed by atoms with Gasteiger partial charge >= 0.3 is 5.97 Å². The first-order chi connectivity index (χ1) is 22.7. The number of para-hydroxylation sites is 1. The molecule has 3 aliphatic heterocycles. The zero-order valence-corrected chi connectivity index (χ0v) is 26.8. The van der Waals surface area contributed by atoms with Crippen LogP contribution >= 0.6 is 11.6 Å². The van der Waals surface area contributed by atoms with Crippen LogP contribution < -0.4 is 5.32 Å². The van der Waals surface area contributed by atoms with Gasteiger partial charge in [0, 0.05) is 42.9 Å². The largest absolute Gasteiger partial charge is 0.481 e. The lowest BCUT2D eigenvalue weighted by molar-refractivity contribution is -0.144. The van der Waals surface area contributed by atoms with Crippen LogP contribution in [0.5, 0.6) is 0 Å². The number of hydrogen-bond acceptors (Lipinski definition) is 7. The Hall–Kier alpha value is -3.51. The highest BCUT2D eigenvalue weighted by Crippen LogP contribution is 2.35. The Morgan fingerprint density at radius 3 is 2.53 bits per heavy atom. The van der Waals surface area contributed by atoms with E-state index in [2.05, 4.69) is 10.2 Å². The lowest BCUT2D eigenvalue weighted by Gasteiger charge is -2.30. The Labute approximate surface area is 277 Å². The van der Waals surface area contributed by atoms with Crippen molar-refractivity contribution in [1.29, 1.82) is 0 Å². The molecule has 3 aromatic rings. The van der Waals surface area contributed by atoms with E-state index in [1.165, 1.54) is 12.3 Å². The summed E-state index contributed by atoms with van der Waals surface area (Å²) in [6.45, 7) is 4.31. The molecule has 1 saturated carbocycles. The standard InChI is InChI=1S/C35H39ClFN3O7/c36-29-9-21(30(37)12-31(29)38-34(42)28-19-47-32-4-2-1-3-27(28)32)10-33(41)40-15-24(39-13-22-16-45-17-23(22)14-39)11-25(40)18-46-26-7-5-20(6-8-26)35(43)44/h1-4,9,12,19-20,22-26H,5-8,10-11,13-18H2,(H,38,42)(H,43,44)/t20?,22-,23+,24-,25-,26?/m0/s1. The molecule has 0 radical (unpaired) electrons. The van der Waals surface area contributed by atoms with Crippen LogP contribution in [0.15, 0.2) is 47.1 Å². The molecule has 4 atom stereocenters. The van der Waals surface area contributed by atoms with Crippen LogP contribution in [0.2, 0.25) is 5.02 Å². The van der Waals surface area contributed by atoms with Crippen LogP contribution in [0.3, 0.4) is 0 Å². The van der Waals surface area contributed by atoms with E-state index in [1.54, 1.807) is 24.3 Å². The van der Waals surface area contributed by atoms with Gasteiger partial charge in [0.15, 0.2) is 0 Å². The molecule has 1 aliphatic carbocycles. The minimum Gasteiger partial charge on any atom is -0.481 e. The van der Waals surface area contributed by atoms with Gasteiger partial charge in [-0.15, -0.1) is 0 Å². The van der Waals surface area contributed by atoms with Crippen LogP contribution in [-0.2, 0) is 25.5 Å². The average molecular weight is 668 g/mol. The van der Waals surface area contributed by atoms with Crippen LogP contribution in [0.1, 0.15) is 48.0 Å². The van der Waals surface area contributed by atoms with E-state index in [4.69, 9.17) is 25.5 Å². The lowest BCUT2D eigenvalue weighted by Crippen LogP contribution is -2.41. The number of nitrogens with zero attached hydrogens (tertiary/aromatic N) is 2. The summed E-state index contributed by atoms with van der Waals surface area (Å²) >= 11 is 6.51. The molecule has 7 rings (SSSR count). The topological polar surface area (TPSA) is 122 Å². The molecule has 12 heteroatoms. The van der Waals surface area contributed by atoms with Crippen molar-refractivity contribution in [2.75, 3.05) is 44.8 Å². The summed E-state index contributed by atoms with van der Waals surface area (Å²) in [7, 11) is 0. The molecule has 2 N–H and O–H groups in total. The van der Waals surface area contributed by atoms with E-state index in [0.29, 0.717) is 67.2 Å². The molecule has 47 heavy (non-hydrogen) atoms. The summed E-state index contributed by atoms with van der Waals surface area (Å²) in [5, 5.41) is 12.8. The maximum Gasteiger partial charge on any atom is 0.306 e. The summed E-state index contributed by atoms with van der Waals surface area (Å²) < 4.78 is 32.9. The van der Waals surface area contributed by atoms with Crippen LogP contribution in [0, 0.1) is 23.6 Å². The zero-order valence-electron chi connectivity index (χ0n) is 26.0. The molecule has 250 valence electrons. The van der Waals surface area contributed by atoms with E-state index in [1.807, 2.05) is 4.90 Å². The number of hydrogen-bond donors (Lipinski definition) is 2. The maximum atomic E-state index is 15.5. The number of carbonyl (C=O) groups is 3. The number of carbonyl (C=O) groups excluding carboxylic acids is 2. The van der Waals surface area contributed by atoms with Crippen molar-refractivity contribution < 1.29 is 37.8 Å². The smallest absolute Gasteiger partial charge is 0.306 e. The normalized spacial score (nSPS) is 27.7. The van der Waals surface area contributed by atoms with Crippen LogP contribution in [-0.4, -0.2) is 90.3 Å². The van der Waals surface area contributed by atoms with Gasteiger partial charge in [-0.3, -0.25) is 19.3 Å². The fourth-order valence-electron chi connectivity index (χ4n) is 7.79. The number of amides is 2. The molecular weight excluding hydrogens is 629 g/mol. The number of furan rings is 1. The SMILES string of the molecule is O=C(Nc1cc(F)c(CC(=O)N2C[C@@H](N3C[C@H]4COC[C@H]4C3)C[C@H]2COC2CCC(C(=O)O)CC2)cc1Cl)c1coc2ccccc12. The predicted molar refractivity (Wildman–Crippen MR) is 172 cm³/mol. The zero-order chi connectivity index (χ0) is 32.7. The minimum atomic E-state index is -0.756. The summed E-state index contributed by atoms with van der Waals surface area (Å²) in [4.78, 5) is 42.5. The molecule has 0 spiro atoms. The quantitative estimate of drug-likeness (QED) is 0.318. The first kappa shape index (κ1) is 32.1. The van der Waals surface area contributed by atoms with Gasteiger partial charge in [0.1, 0.15) is 17.7 Å². The molecule has 0 unspecified atom stereocenters. The van der Waals surface area contributed by atoms with Crippen molar-refractivity contribution in [1.82, 2.24) is 9.80 Å². The van der Waals surface area contributed by atoms with E-state index in [9.17, 15) is 19.5 Å². The molecule has 2 amide bonds. The Morgan fingerprint density at radius 1 is 1.04 bits per heavy atom. The van der Waals surface area contributed by atoms with Crippen molar-refractivity contribution in [3.05, 3.63) is 64.6 Å². The maximum absolute atomic E-state index is 15.5. The Kier molecular flexibility index (Phi) is 9.24. The fraction of sp³-hybridized carbons (Fsp3) is 0.514. The number of carboxylic acids is 1. The van der Waals surface area contributed by atoms with E-state index >= 15 is 4.39 Å². The lowest BCUT2D eigenvalue weighted by atomic mass is 9.87. The van der Waals surface area contributed by atoms with E-state index in [0.717, 1.165) is 38.8 Å². The van der Waals surface area contributed by atoms with Gasteiger partial charge in [0.05, 0.1) is 60.6 Å². The fourth-order valence-corrected chi connectivity index (χ4v) is 8.03. The number of ether oxygens (including phenoxy) is 2. The highest BCUT2D eigenvalue weighted by Gasteiger charge is 2.45. The second-order valence-electron chi connectivity index (χ2n) is 13.4. The van der Waals surface area contributed by atoms with Crippen molar-refractivity contribution in [2.45, 2.75) is 56.7 Å². The molecule has 4 fully saturated rings. The summed E-state index contributed by atoms with van der Waals surface area (Å²) in [6, 6.07) is 9.66. The number of fused-ring (bicyclic) bond motifs is 2. The third-order valence-corrected chi connectivity index (χ3v) is 10.8. The monoisotopic (exact) mass is 667 g/mol. The first-order valence-electron chi connectivity index (χ1n) is 16.4. The molecule has 0 bridgehead atoms. The van der Waals surface area contributed by atoms with Crippen LogP contribution in [0.25, 0.3) is 11.0 Å². The number of nitrogens with one attached hydrogen (secondary N) is 1. The number of aliphatic carboxylic acids is 1. The third kappa shape index (κ3) is 6.76. The van der Waals surface area contributed by atoms with Gasteiger partial charge < -0.3 is 29.2 Å².